The lowest BCUT2D eigenvalue weighted by molar-refractivity contribution is -0.189. The number of amides is 1. The van der Waals surface area contributed by atoms with Crippen LogP contribution in [-0.4, -0.2) is 56.3 Å². The third-order valence-corrected chi connectivity index (χ3v) is 10.3. The van der Waals surface area contributed by atoms with E-state index < -0.39 is 29.3 Å². The van der Waals surface area contributed by atoms with Crippen molar-refractivity contribution in [2.24, 2.45) is 23.2 Å². The van der Waals surface area contributed by atoms with E-state index in [1.807, 2.05) is 10.6 Å². The minimum atomic E-state index is -1.72. The molecule has 4 unspecified atom stereocenters. The van der Waals surface area contributed by atoms with Crippen molar-refractivity contribution in [3.63, 3.8) is 0 Å². The number of imidazole rings is 1. The van der Waals surface area contributed by atoms with Gasteiger partial charge in [-0.3, -0.25) is 0 Å². The molecule has 1 aliphatic heterocycles. The first kappa shape index (κ1) is 28.9. The van der Waals surface area contributed by atoms with Gasteiger partial charge in [-0.05, 0) is 95.0 Å². The molecule has 0 spiro atoms. The van der Waals surface area contributed by atoms with Crippen molar-refractivity contribution < 1.29 is 28.3 Å². The number of carbonyl (C=O) groups is 1. The number of nitrogens with zero attached hydrogens (tertiary/aromatic N) is 2. The summed E-state index contributed by atoms with van der Waals surface area (Å²) in [5.74, 6) is 1.19. The SMILES string of the molecule is CC(C)(C)OC(=O)N[S@@+]([O-])NCCCOC1C2CC3CC1CC(C(O)CC1c4c(F)cccc4-c4cncn41)(C3)C2. The fourth-order valence-electron chi connectivity index (χ4n) is 8.28. The average Bonchev–Trinajstić information content (AvgIpc) is 3.47. The molecule has 4 saturated carbocycles. The van der Waals surface area contributed by atoms with Gasteiger partial charge in [0.05, 0.1) is 36.5 Å². The molecule has 9 nitrogen and oxygen atoms in total. The maximum absolute atomic E-state index is 15.0. The third-order valence-electron chi connectivity index (χ3n) is 9.49. The molecule has 41 heavy (non-hydrogen) atoms. The van der Waals surface area contributed by atoms with Gasteiger partial charge in [-0.25, -0.2) is 14.2 Å². The number of halogens is 1. The predicted octanol–water partition coefficient (Wildman–Crippen LogP) is 4.64. The summed E-state index contributed by atoms with van der Waals surface area (Å²) in [6.45, 7) is 6.22. The summed E-state index contributed by atoms with van der Waals surface area (Å²) in [6.07, 6.45) is 8.75. The van der Waals surface area contributed by atoms with E-state index in [0.717, 1.165) is 43.4 Å². The summed E-state index contributed by atoms with van der Waals surface area (Å²) in [5.41, 5.74) is 1.65. The molecule has 1 aromatic carbocycles. The topological polar surface area (TPSA) is 121 Å². The van der Waals surface area contributed by atoms with Crippen molar-refractivity contribution in [2.45, 2.75) is 89.6 Å². The first-order chi connectivity index (χ1) is 19.5. The van der Waals surface area contributed by atoms with Crippen molar-refractivity contribution in [2.75, 3.05) is 13.2 Å². The van der Waals surface area contributed by atoms with Crippen LogP contribution in [0.25, 0.3) is 11.3 Å². The Bertz CT molecular complexity index is 1250. The summed E-state index contributed by atoms with van der Waals surface area (Å²) in [6, 6.07) is 4.94. The van der Waals surface area contributed by atoms with Gasteiger partial charge >= 0.3 is 6.09 Å². The van der Waals surface area contributed by atoms with Crippen molar-refractivity contribution >= 4 is 17.6 Å². The van der Waals surface area contributed by atoms with Crippen LogP contribution in [0.15, 0.2) is 30.7 Å². The highest BCUT2D eigenvalue weighted by Gasteiger charge is 2.58. The Labute approximate surface area is 244 Å². The lowest BCUT2D eigenvalue weighted by atomic mass is 9.46. The van der Waals surface area contributed by atoms with E-state index in [0.29, 0.717) is 49.3 Å². The molecular weight excluding hydrogens is 547 g/mol. The van der Waals surface area contributed by atoms with E-state index in [1.54, 1.807) is 39.4 Å². The number of hydrogen-bond donors (Lipinski definition) is 3. The highest BCUT2D eigenvalue weighted by Crippen LogP contribution is 2.63. The van der Waals surface area contributed by atoms with Crippen molar-refractivity contribution in [3.8, 4) is 11.3 Å². The average molecular weight is 589 g/mol. The van der Waals surface area contributed by atoms with Crippen molar-refractivity contribution in [1.82, 2.24) is 19.0 Å². The highest BCUT2D eigenvalue weighted by molar-refractivity contribution is 7.88. The fourth-order valence-corrected chi connectivity index (χ4v) is 8.88. The quantitative estimate of drug-likeness (QED) is 0.273. The summed E-state index contributed by atoms with van der Waals surface area (Å²) in [7, 11) is 0. The van der Waals surface area contributed by atoms with Crippen LogP contribution in [0, 0.1) is 29.0 Å². The number of carbonyl (C=O) groups excluding carboxylic acids is 1. The molecular formula is C30H41FN4O5S. The number of hydrogen-bond acceptors (Lipinski definition) is 7. The number of benzene rings is 1. The molecule has 4 aliphatic carbocycles. The molecule has 0 saturated heterocycles. The monoisotopic (exact) mass is 588 g/mol. The van der Waals surface area contributed by atoms with Crippen LogP contribution >= 0.6 is 0 Å². The molecule has 1 amide bonds. The van der Waals surface area contributed by atoms with Crippen LogP contribution in [0.1, 0.15) is 77.3 Å². The molecule has 0 radical (unpaired) electrons. The molecule has 11 heteroatoms. The first-order valence-corrected chi connectivity index (χ1v) is 15.9. The number of fused-ring (bicyclic) bond motifs is 3. The van der Waals surface area contributed by atoms with E-state index in [2.05, 4.69) is 14.4 Å². The van der Waals surface area contributed by atoms with Gasteiger partial charge < -0.3 is 23.7 Å². The zero-order valence-corrected chi connectivity index (χ0v) is 24.8. The minimum absolute atomic E-state index is 0.156. The molecule has 224 valence electrons. The Kier molecular flexibility index (Phi) is 7.86. The van der Waals surface area contributed by atoms with Crippen LogP contribution in [0.3, 0.4) is 0 Å². The minimum Gasteiger partial charge on any atom is -0.573 e. The molecule has 5 aliphatic rings. The normalized spacial score (nSPS) is 31.0. The van der Waals surface area contributed by atoms with Crippen LogP contribution < -0.4 is 9.44 Å². The van der Waals surface area contributed by atoms with Crippen LogP contribution in [0.4, 0.5) is 9.18 Å². The van der Waals surface area contributed by atoms with Gasteiger partial charge in [-0.2, -0.15) is 0 Å². The molecule has 5 atom stereocenters. The number of aliphatic hydroxyl groups is 1. The smallest absolute Gasteiger partial charge is 0.451 e. The highest BCUT2D eigenvalue weighted by atomic mass is 32.2. The number of ether oxygens (including phenoxy) is 2. The Morgan fingerprint density at radius 2 is 2.05 bits per heavy atom. The molecule has 2 heterocycles. The van der Waals surface area contributed by atoms with Gasteiger partial charge in [0.1, 0.15) is 11.4 Å². The first-order valence-electron chi connectivity index (χ1n) is 14.8. The van der Waals surface area contributed by atoms with Gasteiger partial charge in [0.15, 0.2) is 11.5 Å². The van der Waals surface area contributed by atoms with Crippen molar-refractivity contribution in [1.29, 1.82) is 0 Å². The predicted molar refractivity (Wildman–Crippen MR) is 152 cm³/mol. The van der Waals surface area contributed by atoms with E-state index >= 15 is 4.39 Å². The van der Waals surface area contributed by atoms with Crippen molar-refractivity contribution in [3.05, 3.63) is 42.1 Å². The Morgan fingerprint density at radius 1 is 1.29 bits per heavy atom. The number of aliphatic hydroxyl groups excluding tert-OH is 1. The fraction of sp³-hybridized carbons (Fsp3) is 0.667. The lowest BCUT2D eigenvalue weighted by Gasteiger charge is -2.61. The van der Waals surface area contributed by atoms with E-state index in [4.69, 9.17) is 9.47 Å². The zero-order valence-electron chi connectivity index (χ0n) is 24.0. The number of aromatic nitrogens is 2. The summed E-state index contributed by atoms with van der Waals surface area (Å²) in [4.78, 5) is 16.1. The largest absolute Gasteiger partial charge is 0.573 e. The van der Waals surface area contributed by atoms with Gasteiger partial charge in [0.2, 0.25) is 0 Å². The molecule has 4 bridgehead atoms. The number of nitrogens with one attached hydrogen (secondary N) is 2. The molecule has 4 fully saturated rings. The standard InChI is InChI=1S/C30H41FN4O5S/c1-29(2,3)40-28(37)34-41(38)33-8-5-9-39-27-19-10-18-11-20(27)15-30(13-18,14-19)25(36)12-23-26-21(6-4-7-22(26)31)24-16-32-17-35(23)24/h4,6-7,16-20,23,25,27,33,36H,5,8-15H2,1-3H3,(H,34,37)/t18?,19?,20?,23?,25?,27?,30?,41-/m0/s1. The Balaban J connectivity index is 1.02. The number of rotatable bonds is 10. The Hall–Kier alpha value is -2.18. The second-order valence-electron chi connectivity index (χ2n) is 13.4. The van der Waals surface area contributed by atoms with E-state index in [-0.39, 0.29) is 23.4 Å². The summed E-state index contributed by atoms with van der Waals surface area (Å²) >= 11 is -1.72. The molecule has 1 aromatic heterocycles. The summed E-state index contributed by atoms with van der Waals surface area (Å²) < 4.78 is 45.7. The van der Waals surface area contributed by atoms with Gasteiger partial charge in [0, 0.05) is 24.3 Å². The second kappa shape index (κ2) is 11.1. The van der Waals surface area contributed by atoms with Gasteiger partial charge in [-0.15, -0.1) is 9.44 Å². The second-order valence-corrected chi connectivity index (χ2v) is 14.5. The molecule has 3 N–H and O–H groups in total. The van der Waals surface area contributed by atoms with Gasteiger partial charge in [0.25, 0.3) is 0 Å². The third kappa shape index (κ3) is 5.76. The van der Waals surface area contributed by atoms with E-state index in [9.17, 15) is 14.5 Å². The lowest BCUT2D eigenvalue weighted by Crippen LogP contribution is -2.58. The van der Waals surface area contributed by atoms with Crippen LogP contribution in [-0.2, 0) is 21.0 Å². The van der Waals surface area contributed by atoms with E-state index in [1.165, 1.54) is 6.07 Å². The molecule has 2 aromatic rings. The van der Waals surface area contributed by atoms with Crippen LogP contribution in [0.2, 0.25) is 0 Å². The van der Waals surface area contributed by atoms with Gasteiger partial charge in [-0.1, -0.05) is 12.1 Å². The van der Waals surface area contributed by atoms with Crippen LogP contribution in [0.5, 0.6) is 0 Å². The zero-order chi connectivity index (χ0) is 28.9. The molecule has 7 rings (SSSR count). The Morgan fingerprint density at radius 3 is 2.78 bits per heavy atom. The summed E-state index contributed by atoms with van der Waals surface area (Å²) in [5, 5.41) is 11.8. The maximum atomic E-state index is 15.0. The maximum Gasteiger partial charge on any atom is 0.451 e.